The summed E-state index contributed by atoms with van der Waals surface area (Å²) in [6.45, 7) is 6.25. The summed E-state index contributed by atoms with van der Waals surface area (Å²) in [5.41, 5.74) is 1.62. The van der Waals surface area contributed by atoms with Gasteiger partial charge in [-0.05, 0) is 17.4 Å². The molecule has 0 aromatic heterocycles. The number of hydrogen-bond acceptors (Lipinski definition) is 6. The molecule has 142 valence electrons. The Kier molecular flexibility index (Phi) is 7.56. The maximum Gasteiger partial charge on any atom is 0.320 e. The van der Waals surface area contributed by atoms with Crippen LogP contribution >= 0.6 is 0 Å². The van der Waals surface area contributed by atoms with Crippen LogP contribution in [0.1, 0.15) is 44.7 Å². The lowest BCUT2D eigenvalue weighted by atomic mass is 9.86. The van der Waals surface area contributed by atoms with Gasteiger partial charge in [-0.25, -0.2) is 0 Å². The standard InChI is InChI=1S/C20H26O6/c1-20(2,3)14-8-6-13(7-9-14)17(22)12-15(21)10-11-16(18(23)25-4)19(24)26-5/h6-9,12,16,22H,10-11H2,1-5H3/b17-12-. The van der Waals surface area contributed by atoms with E-state index >= 15 is 0 Å². The molecule has 1 N–H and O–H groups in total. The fourth-order valence-corrected chi connectivity index (χ4v) is 2.35. The van der Waals surface area contributed by atoms with Crippen molar-refractivity contribution in [3.05, 3.63) is 41.5 Å². The van der Waals surface area contributed by atoms with Gasteiger partial charge in [-0.2, -0.15) is 0 Å². The Morgan fingerprint density at radius 3 is 1.96 bits per heavy atom. The number of benzene rings is 1. The van der Waals surface area contributed by atoms with Crippen molar-refractivity contribution in [2.24, 2.45) is 5.92 Å². The Bertz CT molecular complexity index is 663. The summed E-state index contributed by atoms with van der Waals surface area (Å²) in [7, 11) is 2.32. The second kappa shape index (κ2) is 9.17. The molecule has 1 rings (SSSR count). The highest BCUT2D eigenvalue weighted by molar-refractivity contribution is 5.98. The molecule has 6 nitrogen and oxygen atoms in total. The SMILES string of the molecule is COC(=O)C(CCC(=O)/C=C(\O)c1ccc(C(C)(C)C)cc1)C(=O)OC. The van der Waals surface area contributed by atoms with Crippen molar-refractivity contribution in [3.63, 3.8) is 0 Å². The zero-order chi connectivity index (χ0) is 19.9. The van der Waals surface area contributed by atoms with E-state index in [-0.39, 0.29) is 24.0 Å². The van der Waals surface area contributed by atoms with Crippen LogP contribution in [0.2, 0.25) is 0 Å². The number of ether oxygens (including phenoxy) is 2. The molecule has 0 aliphatic heterocycles. The van der Waals surface area contributed by atoms with E-state index < -0.39 is 23.6 Å². The van der Waals surface area contributed by atoms with Gasteiger partial charge in [0.05, 0.1) is 14.2 Å². The van der Waals surface area contributed by atoms with Gasteiger partial charge in [0.25, 0.3) is 0 Å². The lowest BCUT2D eigenvalue weighted by Gasteiger charge is -2.19. The zero-order valence-electron chi connectivity index (χ0n) is 15.9. The fraction of sp³-hybridized carbons (Fsp3) is 0.450. The Balaban J connectivity index is 2.78. The lowest BCUT2D eigenvalue weighted by molar-refractivity contribution is -0.159. The molecule has 0 unspecified atom stereocenters. The quantitative estimate of drug-likeness (QED) is 0.347. The first-order valence-corrected chi connectivity index (χ1v) is 8.30. The Labute approximate surface area is 153 Å². The van der Waals surface area contributed by atoms with Crippen molar-refractivity contribution in [2.75, 3.05) is 14.2 Å². The van der Waals surface area contributed by atoms with Gasteiger partial charge >= 0.3 is 11.9 Å². The molecule has 0 saturated carbocycles. The average Bonchev–Trinajstić information content (AvgIpc) is 2.60. The van der Waals surface area contributed by atoms with Gasteiger partial charge in [0, 0.05) is 18.1 Å². The summed E-state index contributed by atoms with van der Waals surface area (Å²) in [5, 5.41) is 10.1. The molecule has 1 aromatic rings. The monoisotopic (exact) mass is 362 g/mol. The van der Waals surface area contributed by atoms with Crippen molar-refractivity contribution < 1.29 is 29.0 Å². The number of carbonyl (C=O) groups excluding carboxylic acids is 3. The molecule has 0 amide bonds. The van der Waals surface area contributed by atoms with Crippen LogP contribution in [0, 0.1) is 5.92 Å². The normalized spacial score (nSPS) is 12.0. The van der Waals surface area contributed by atoms with E-state index in [2.05, 4.69) is 30.2 Å². The number of ketones is 1. The van der Waals surface area contributed by atoms with Crippen LogP contribution in [0.15, 0.2) is 30.3 Å². The molecule has 0 fully saturated rings. The molecule has 1 aromatic carbocycles. The Morgan fingerprint density at radius 2 is 1.54 bits per heavy atom. The number of hydrogen-bond donors (Lipinski definition) is 1. The average molecular weight is 362 g/mol. The first-order valence-electron chi connectivity index (χ1n) is 8.30. The topological polar surface area (TPSA) is 89.9 Å². The van der Waals surface area contributed by atoms with Crippen LogP contribution in [0.25, 0.3) is 5.76 Å². The molecule has 0 aliphatic rings. The molecule has 0 saturated heterocycles. The second-order valence-electron chi connectivity index (χ2n) is 6.96. The maximum atomic E-state index is 12.0. The van der Waals surface area contributed by atoms with E-state index in [9.17, 15) is 19.5 Å². The lowest BCUT2D eigenvalue weighted by Crippen LogP contribution is -2.27. The van der Waals surface area contributed by atoms with Crippen LogP contribution in [0.3, 0.4) is 0 Å². The van der Waals surface area contributed by atoms with Gasteiger partial charge in [0.15, 0.2) is 11.7 Å². The van der Waals surface area contributed by atoms with Crippen molar-refractivity contribution in [1.82, 2.24) is 0 Å². The minimum Gasteiger partial charge on any atom is -0.507 e. The number of allylic oxidation sites excluding steroid dienone is 1. The second-order valence-corrected chi connectivity index (χ2v) is 6.96. The first kappa shape index (κ1) is 21.4. The minimum absolute atomic E-state index is 0.00946. The van der Waals surface area contributed by atoms with Gasteiger partial charge in [0.2, 0.25) is 0 Å². The van der Waals surface area contributed by atoms with Crippen LogP contribution in [0.5, 0.6) is 0 Å². The van der Waals surface area contributed by atoms with Crippen LogP contribution in [-0.4, -0.2) is 37.0 Å². The number of methoxy groups -OCH3 is 2. The highest BCUT2D eigenvalue weighted by Crippen LogP contribution is 2.24. The highest BCUT2D eigenvalue weighted by atomic mass is 16.5. The summed E-state index contributed by atoms with van der Waals surface area (Å²) in [6.07, 6.45) is 0.946. The largest absolute Gasteiger partial charge is 0.507 e. The fourth-order valence-electron chi connectivity index (χ4n) is 2.35. The predicted molar refractivity (Wildman–Crippen MR) is 97.5 cm³/mol. The van der Waals surface area contributed by atoms with Crippen molar-refractivity contribution in [1.29, 1.82) is 0 Å². The van der Waals surface area contributed by atoms with E-state index in [4.69, 9.17) is 0 Å². The van der Waals surface area contributed by atoms with E-state index in [0.717, 1.165) is 25.9 Å². The Hall–Kier alpha value is -2.63. The zero-order valence-corrected chi connectivity index (χ0v) is 15.9. The summed E-state index contributed by atoms with van der Waals surface area (Å²) in [4.78, 5) is 35.2. The molecule has 0 spiro atoms. The van der Waals surface area contributed by atoms with Crippen LogP contribution in [0.4, 0.5) is 0 Å². The molecule has 26 heavy (non-hydrogen) atoms. The van der Waals surface area contributed by atoms with Gasteiger partial charge in [0.1, 0.15) is 5.76 Å². The molecule has 0 aliphatic carbocycles. The Morgan fingerprint density at radius 1 is 1.04 bits per heavy atom. The molecular formula is C20H26O6. The molecule has 0 radical (unpaired) electrons. The smallest absolute Gasteiger partial charge is 0.320 e. The van der Waals surface area contributed by atoms with Crippen LogP contribution in [-0.2, 0) is 29.3 Å². The van der Waals surface area contributed by atoms with Gasteiger partial charge < -0.3 is 14.6 Å². The minimum atomic E-state index is -1.16. The summed E-state index contributed by atoms with van der Waals surface area (Å²) in [5.74, 6) is -3.23. The number of aliphatic hydroxyl groups excluding tert-OH is 1. The third-order valence-corrected chi connectivity index (χ3v) is 4.00. The van der Waals surface area contributed by atoms with Crippen molar-refractivity contribution in [3.8, 4) is 0 Å². The number of esters is 2. The molecule has 0 atom stereocenters. The van der Waals surface area contributed by atoms with Gasteiger partial charge in [-0.3, -0.25) is 14.4 Å². The molecular weight excluding hydrogens is 336 g/mol. The first-order chi connectivity index (χ1) is 12.1. The number of carbonyl (C=O) groups is 3. The molecule has 0 heterocycles. The van der Waals surface area contributed by atoms with E-state index in [1.165, 1.54) is 0 Å². The number of rotatable bonds is 7. The highest BCUT2D eigenvalue weighted by Gasteiger charge is 2.28. The van der Waals surface area contributed by atoms with Crippen molar-refractivity contribution >= 4 is 23.5 Å². The summed E-state index contributed by atoms with van der Waals surface area (Å²) < 4.78 is 9.08. The van der Waals surface area contributed by atoms with Crippen molar-refractivity contribution in [2.45, 2.75) is 39.0 Å². The van der Waals surface area contributed by atoms with E-state index in [1.54, 1.807) is 12.1 Å². The summed E-state index contributed by atoms with van der Waals surface area (Å²) in [6, 6.07) is 7.28. The van der Waals surface area contributed by atoms with E-state index in [0.29, 0.717) is 5.56 Å². The predicted octanol–water partition coefficient (Wildman–Crippen LogP) is 3.19. The van der Waals surface area contributed by atoms with Gasteiger partial charge in [-0.15, -0.1) is 0 Å². The van der Waals surface area contributed by atoms with Crippen LogP contribution < -0.4 is 0 Å². The summed E-state index contributed by atoms with van der Waals surface area (Å²) >= 11 is 0. The van der Waals surface area contributed by atoms with E-state index in [1.807, 2.05) is 12.1 Å². The van der Waals surface area contributed by atoms with Gasteiger partial charge in [-0.1, -0.05) is 45.0 Å². The number of aliphatic hydroxyl groups is 1. The third-order valence-electron chi connectivity index (χ3n) is 4.00. The molecule has 0 bridgehead atoms. The molecule has 6 heteroatoms. The maximum absolute atomic E-state index is 12.0. The third kappa shape index (κ3) is 6.02.